The maximum atomic E-state index is 11.7. The minimum Gasteiger partial charge on any atom is -0.386 e. The van der Waals surface area contributed by atoms with Gasteiger partial charge in [0.1, 0.15) is 6.10 Å². The van der Waals surface area contributed by atoms with Crippen LogP contribution < -0.4 is 0 Å². The van der Waals surface area contributed by atoms with Gasteiger partial charge in [-0.15, -0.1) is 0 Å². The molecule has 2 aromatic carbocycles. The predicted octanol–water partition coefficient (Wildman–Crippen LogP) is 4.69. The third-order valence-electron chi connectivity index (χ3n) is 5.59. The molecule has 2 heterocycles. The first-order valence-corrected chi connectivity index (χ1v) is 10.7. The summed E-state index contributed by atoms with van der Waals surface area (Å²) in [4.78, 5) is 6.83. The molecule has 0 amide bonds. The number of aliphatic hydroxyl groups excluding tert-OH is 1. The molecule has 1 aromatic heterocycles. The molecule has 3 aromatic rings. The van der Waals surface area contributed by atoms with Crippen molar-refractivity contribution in [3.63, 3.8) is 0 Å². The summed E-state index contributed by atoms with van der Waals surface area (Å²) in [6.45, 7) is 4.66. The number of aromatic nitrogens is 1. The molecule has 0 saturated carbocycles. The molecule has 1 aliphatic heterocycles. The molecule has 158 valence electrons. The molecule has 5 nitrogen and oxygen atoms in total. The van der Waals surface area contributed by atoms with Crippen LogP contribution in [0.25, 0.3) is 11.3 Å². The van der Waals surface area contributed by atoms with Crippen LogP contribution >= 0.6 is 11.6 Å². The van der Waals surface area contributed by atoms with Crippen molar-refractivity contribution in [2.75, 3.05) is 26.3 Å². The number of hydrogen-bond donors (Lipinski definition) is 1. The molecule has 0 spiro atoms. The summed E-state index contributed by atoms with van der Waals surface area (Å²) in [6, 6.07) is 18.8. The van der Waals surface area contributed by atoms with E-state index >= 15 is 0 Å². The summed E-state index contributed by atoms with van der Waals surface area (Å²) in [7, 11) is 0. The third-order valence-corrected chi connectivity index (χ3v) is 5.81. The number of ether oxygens (including phenoxy) is 1. The first kappa shape index (κ1) is 21.5. The Balaban J connectivity index is 1.78. The fourth-order valence-corrected chi connectivity index (χ4v) is 4.43. The zero-order valence-corrected chi connectivity index (χ0v) is 18.1. The highest BCUT2D eigenvalue weighted by atomic mass is 35.5. The van der Waals surface area contributed by atoms with Crippen LogP contribution in [0.5, 0.6) is 0 Å². The van der Waals surface area contributed by atoms with E-state index in [1.54, 1.807) is 18.3 Å². The normalized spacial score (nSPS) is 16.5. The quantitative estimate of drug-likeness (QED) is 0.632. The molecule has 0 unspecified atom stereocenters. The lowest BCUT2D eigenvalue weighted by atomic mass is 9.91. The van der Waals surface area contributed by atoms with Gasteiger partial charge in [0.05, 0.1) is 36.6 Å². The summed E-state index contributed by atoms with van der Waals surface area (Å²) in [5.74, 6) is 0. The number of nitrogens with zero attached hydrogens (tertiary/aromatic N) is 3. The predicted molar refractivity (Wildman–Crippen MR) is 121 cm³/mol. The number of morpholine rings is 1. The lowest BCUT2D eigenvalue weighted by molar-refractivity contribution is -0.0237. The lowest BCUT2D eigenvalue weighted by Gasteiger charge is -2.38. The molecule has 0 radical (unpaired) electrons. The Morgan fingerprint density at radius 1 is 1.13 bits per heavy atom. The Bertz CT molecular complexity index is 1070. The van der Waals surface area contributed by atoms with Crippen LogP contribution in [-0.4, -0.2) is 41.3 Å². The first-order valence-electron chi connectivity index (χ1n) is 10.3. The monoisotopic (exact) mass is 433 g/mol. The van der Waals surface area contributed by atoms with Gasteiger partial charge < -0.3 is 9.84 Å². The minimum atomic E-state index is -0.825. The van der Waals surface area contributed by atoms with E-state index < -0.39 is 6.10 Å². The van der Waals surface area contributed by atoms with E-state index in [9.17, 15) is 5.11 Å². The SMILES string of the molecule is Cc1cc(Cl)cc(-c2ncccc2[C@@H](O)[C@H](c2ccc(C#N)cc2)N2CCOCC2)c1. The zero-order valence-electron chi connectivity index (χ0n) is 17.3. The molecule has 0 aliphatic carbocycles. The van der Waals surface area contributed by atoms with E-state index in [0.29, 0.717) is 42.6 Å². The number of nitriles is 1. The van der Waals surface area contributed by atoms with Crippen LogP contribution in [-0.2, 0) is 4.74 Å². The van der Waals surface area contributed by atoms with E-state index in [-0.39, 0.29) is 6.04 Å². The van der Waals surface area contributed by atoms with Crippen LogP contribution in [0.2, 0.25) is 5.02 Å². The summed E-state index contributed by atoms with van der Waals surface area (Å²) in [6.07, 6.45) is 0.904. The highest BCUT2D eigenvalue weighted by Gasteiger charge is 2.32. The number of halogens is 1. The van der Waals surface area contributed by atoms with Gasteiger partial charge in [0, 0.05) is 35.4 Å². The van der Waals surface area contributed by atoms with Gasteiger partial charge in [-0.1, -0.05) is 29.8 Å². The second-order valence-corrected chi connectivity index (χ2v) is 8.17. The van der Waals surface area contributed by atoms with Crippen LogP contribution in [0.1, 0.15) is 34.4 Å². The molecule has 6 heteroatoms. The van der Waals surface area contributed by atoms with Gasteiger partial charge in [-0.2, -0.15) is 5.26 Å². The molecule has 1 aliphatic rings. The van der Waals surface area contributed by atoms with Crippen molar-refractivity contribution in [2.45, 2.75) is 19.1 Å². The number of aliphatic hydroxyl groups is 1. The fourth-order valence-electron chi connectivity index (χ4n) is 4.14. The van der Waals surface area contributed by atoms with E-state index in [1.165, 1.54) is 0 Å². The molecule has 1 N–H and O–H groups in total. The van der Waals surface area contributed by atoms with Crippen LogP contribution in [0.4, 0.5) is 0 Å². The van der Waals surface area contributed by atoms with Crippen molar-refractivity contribution in [1.82, 2.24) is 9.88 Å². The fraction of sp³-hybridized carbons (Fsp3) is 0.280. The van der Waals surface area contributed by atoms with E-state index in [1.807, 2.05) is 49.4 Å². The van der Waals surface area contributed by atoms with Gasteiger partial charge in [0.2, 0.25) is 0 Å². The maximum Gasteiger partial charge on any atom is 0.101 e. The van der Waals surface area contributed by atoms with Crippen LogP contribution in [0.15, 0.2) is 60.8 Å². The summed E-state index contributed by atoms with van der Waals surface area (Å²) >= 11 is 6.30. The molecular formula is C25H24ClN3O2. The Morgan fingerprint density at radius 2 is 1.87 bits per heavy atom. The number of aryl methyl sites for hydroxylation is 1. The van der Waals surface area contributed by atoms with E-state index in [0.717, 1.165) is 22.3 Å². The second-order valence-electron chi connectivity index (χ2n) is 7.73. The molecule has 1 saturated heterocycles. The van der Waals surface area contributed by atoms with E-state index in [2.05, 4.69) is 16.0 Å². The Labute approximate surface area is 187 Å². The molecule has 31 heavy (non-hydrogen) atoms. The Morgan fingerprint density at radius 3 is 2.55 bits per heavy atom. The van der Waals surface area contributed by atoms with Gasteiger partial charge in [-0.3, -0.25) is 9.88 Å². The van der Waals surface area contributed by atoms with Gasteiger partial charge in [0.15, 0.2) is 0 Å². The number of hydrogen-bond acceptors (Lipinski definition) is 5. The number of pyridine rings is 1. The van der Waals surface area contributed by atoms with Crippen molar-refractivity contribution in [1.29, 1.82) is 5.26 Å². The second kappa shape index (κ2) is 9.59. The van der Waals surface area contributed by atoms with Crippen molar-refractivity contribution in [3.05, 3.63) is 88.1 Å². The summed E-state index contributed by atoms with van der Waals surface area (Å²) in [5.41, 5.74) is 4.91. The van der Waals surface area contributed by atoms with E-state index in [4.69, 9.17) is 21.6 Å². The van der Waals surface area contributed by atoms with Crippen LogP contribution in [0.3, 0.4) is 0 Å². The van der Waals surface area contributed by atoms with Gasteiger partial charge in [0.25, 0.3) is 0 Å². The van der Waals surface area contributed by atoms with Crippen molar-refractivity contribution >= 4 is 11.6 Å². The topological polar surface area (TPSA) is 69.4 Å². The van der Waals surface area contributed by atoms with Crippen molar-refractivity contribution in [2.24, 2.45) is 0 Å². The smallest absolute Gasteiger partial charge is 0.101 e. The number of benzene rings is 2. The summed E-state index contributed by atoms with van der Waals surface area (Å²) in [5, 5.41) is 21.5. The molecule has 1 fully saturated rings. The van der Waals surface area contributed by atoms with Gasteiger partial charge >= 0.3 is 0 Å². The van der Waals surface area contributed by atoms with Crippen LogP contribution in [0, 0.1) is 18.3 Å². The highest BCUT2D eigenvalue weighted by Crippen LogP contribution is 2.38. The molecule has 4 rings (SSSR count). The minimum absolute atomic E-state index is 0.292. The zero-order chi connectivity index (χ0) is 21.8. The molecule has 0 bridgehead atoms. The van der Waals surface area contributed by atoms with Gasteiger partial charge in [-0.05, 0) is 54.4 Å². The Kier molecular flexibility index (Phi) is 6.64. The number of rotatable bonds is 5. The first-order chi connectivity index (χ1) is 15.1. The standard InChI is InChI=1S/C25H24ClN3O2/c1-17-13-20(15-21(26)14-17)23-22(3-2-8-28-23)25(30)24(29-9-11-31-12-10-29)19-6-4-18(16-27)5-7-19/h2-8,13-15,24-25,30H,9-12H2,1H3/t24-,25+/m0/s1. The average molecular weight is 434 g/mol. The third kappa shape index (κ3) is 4.79. The summed E-state index contributed by atoms with van der Waals surface area (Å²) < 4.78 is 5.53. The maximum absolute atomic E-state index is 11.7. The Hall–Kier alpha value is -2.75. The highest BCUT2D eigenvalue weighted by molar-refractivity contribution is 6.30. The average Bonchev–Trinajstić information content (AvgIpc) is 2.80. The largest absolute Gasteiger partial charge is 0.386 e. The lowest BCUT2D eigenvalue weighted by Crippen LogP contribution is -2.41. The molecular weight excluding hydrogens is 410 g/mol. The van der Waals surface area contributed by atoms with Gasteiger partial charge in [-0.25, -0.2) is 0 Å². The van der Waals surface area contributed by atoms with Crippen molar-refractivity contribution < 1.29 is 9.84 Å². The molecule has 2 atom stereocenters. The van der Waals surface area contributed by atoms with Crippen molar-refractivity contribution in [3.8, 4) is 17.3 Å².